The summed E-state index contributed by atoms with van der Waals surface area (Å²) in [4.78, 5) is 13.8. The van der Waals surface area contributed by atoms with E-state index in [1.165, 1.54) is 4.31 Å². The molecule has 1 amide bonds. The number of rotatable bonds is 4. The zero-order valence-corrected chi connectivity index (χ0v) is 13.8. The van der Waals surface area contributed by atoms with Crippen molar-refractivity contribution < 1.29 is 13.2 Å². The Kier molecular flexibility index (Phi) is 5.70. The van der Waals surface area contributed by atoms with Crippen LogP contribution in [0.2, 0.25) is 0 Å². The fourth-order valence-electron chi connectivity index (χ4n) is 1.77. The number of piperazine rings is 1. The van der Waals surface area contributed by atoms with E-state index in [0.29, 0.717) is 31.9 Å². The van der Waals surface area contributed by atoms with Gasteiger partial charge in [-0.1, -0.05) is 20.8 Å². The molecule has 0 atom stereocenters. The molecule has 0 bridgehead atoms. The summed E-state index contributed by atoms with van der Waals surface area (Å²) in [6, 6.07) is 0. The van der Waals surface area contributed by atoms with E-state index in [2.05, 4.69) is 20.8 Å². The first kappa shape index (κ1) is 16.8. The molecule has 112 valence electrons. The number of amides is 1. The van der Waals surface area contributed by atoms with Gasteiger partial charge in [-0.3, -0.25) is 4.79 Å². The van der Waals surface area contributed by atoms with Gasteiger partial charge in [-0.2, -0.15) is 4.31 Å². The number of thioether (sulfide) groups is 1. The van der Waals surface area contributed by atoms with Crippen LogP contribution < -0.4 is 0 Å². The standard InChI is InChI=1S/C12H24N2O3S2/c1-5-19(16,17)14-8-6-13(7-9-14)11(15)10-18-12(2,3)4/h5-10H2,1-4H3. The maximum absolute atomic E-state index is 12.0. The Balaban J connectivity index is 2.44. The second-order valence-corrected chi connectivity index (χ2v) is 9.64. The first-order chi connectivity index (χ1) is 8.65. The molecule has 0 aromatic heterocycles. The molecule has 0 aliphatic carbocycles. The van der Waals surface area contributed by atoms with Crippen molar-refractivity contribution >= 4 is 27.7 Å². The van der Waals surface area contributed by atoms with Gasteiger partial charge in [0.2, 0.25) is 15.9 Å². The van der Waals surface area contributed by atoms with Crippen LogP contribution in [0.4, 0.5) is 0 Å². The highest BCUT2D eigenvalue weighted by Crippen LogP contribution is 2.23. The fraction of sp³-hybridized carbons (Fsp3) is 0.917. The summed E-state index contributed by atoms with van der Waals surface area (Å²) in [5, 5.41) is 0. The molecule has 0 aromatic rings. The van der Waals surface area contributed by atoms with Crippen molar-refractivity contribution in [1.29, 1.82) is 0 Å². The van der Waals surface area contributed by atoms with Crippen molar-refractivity contribution in [3.63, 3.8) is 0 Å². The lowest BCUT2D eigenvalue weighted by atomic mass is 10.3. The summed E-state index contributed by atoms with van der Waals surface area (Å²) < 4.78 is 25.0. The highest BCUT2D eigenvalue weighted by molar-refractivity contribution is 8.01. The maximum atomic E-state index is 12.0. The second-order valence-electron chi connectivity index (χ2n) is 5.58. The second kappa shape index (κ2) is 6.45. The normalized spacial score (nSPS) is 18.6. The van der Waals surface area contributed by atoms with Gasteiger partial charge in [0.05, 0.1) is 11.5 Å². The highest BCUT2D eigenvalue weighted by atomic mass is 32.2. The molecule has 1 aliphatic heterocycles. The van der Waals surface area contributed by atoms with Gasteiger partial charge in [0, 0.05) is 30.9 Å². The van der Waals surface area contributed by atoms with Crippen LogP contribution in [0, 0.1) is 0 Å². The van der Waals surface area contributed by atoms with Crippen molar-refractivity contribution in [2.45, 2.75) is 32.4 Å². The first-order valence-electron chi connectivity index (χ1n) is 6.55. The fourth-order valence-corrected chi connectivity index (χ4v) is 3.59. The SMILES string of the molecule is CCS(=O)(=O)N1CCN(C(=O)CSC(C)(C)C)CC1. The van der Waals surface area contributed by atoms with Crippen molar-refractivity contribution in [2.24, 2.45) is 0 Å². The van der Waals surface area contributed by atoms with Gasteiger partial charge >= 0.3 is 0 Å². The Morgan fingerprint density at radius 2 is 1.68 bits per heavy atom. The number of sulfonamides is 1. The molecule has 0 radical (unpaired) electrons. The Bertz CT molecular complexity index is 407. The maximum Gasteiger partial charge on any atom is 0.232 e. The summed E-state index contributed by atoms with van der Waals surface area (Å²) in [7, 11) is -3.12. The number of nitrogens with zero attached hydrogens (tertiary/aromatic N) is 2. The van der Waals surface area contributed by atoms with Crippen LogP contribution in [-0.2, 0) is 14.8 Å². The third-order valence-electron chi connectivity index (χ3n) is 2.98. The van der Waals surface area contributed by atoms with Gasteiger partial charge in [-0.25, -0.2) is 8.42 Å². The molecular weight excluding hydrogens is 284 g/mol. The monoisotopic (exact) mass is 308 g/mol. The zero-order chi connectivity index (χ0) is 14.7. The molecule has 1 rings (SSSR count). The lowest BCUT2D eigenvalue weighted by molar-refractivity contribution is -0.129. The molecule has 0 unspecified atom stereocenters. The summed E-state index contributed by atoms with van der Waals surface area (Å²) in [6.07, 6.45) is 0. The smallest absolute Gasteiger partial charge is 0.232 e. The molecule has 7 heteroatoms. The number of hydrogen-bond acceptors (Lipinski definition) is 4. The largest absolute Gasteiger partial charge is 0.339 e. The van der Waals surface area contributed by atoms with Crippen LogP contribution in [0.25, 0.3) is 0 Å². The van der Waals surface area contributed by atoms with Crippen LogP contribution in [0.1, 0.15) is 27.7 Å². The predicted molar refractivity (Wildman–Crippen MR) is 79.8 cm³/mol. The molecule has 5 nitrogen and oxygen atoms in total. The zero-order valence-electron chi connectivity index (χ0n) is 12.2. The minimum Gasteiger partial charge on any atom is -0.339 e. The third kappa shape index (κ3) is 5.31. The van der Waals surface area contributed by atoms with E-state index < -0.39 is 10.0 Å². The van der Waals surface area contributed by atoms with Crippen LogP contribution in [0.5, 0.6) is 0 Å². The van der Waals surface area contributed by atoms with E-state index in [1.807, 2.05) is 0 Å². The summed E-state index contributed by atoms with van der Waals surface area (Å²) in [6.45, 7) is 9.73. The summed E-state index contributed by atoms with van der Waals surface area (Å²) in [5.74, 6) is 0.693. The van der Waals surface area contributed by atoms with Crippen molar-refractivity contribution in [3.05, 3.63) is 0 Å². The van der Waals surface area contributed by atoms with Gasteiger partial charge in [-0.15, -0.1) is 11.8 Å². The van der Waals surface area contributed by atoms with E-state index in [-0.39, 0.29) is 16.4 Å². The Hall–Kier alpha value is -0.270. The Labute approximate surface area is 120 Å². The molecule has 19 heavy (non-hydrogen) atoms. The van der Waals surface area contributed by atoms with Crippen LogP contribution in [0.15, 0.2) is 0 Å². The van der Waals surface area contributed by atoms with Crippen molar-refractivity contribution in [1.82, 2.24) is 9.21 Å². The van der Waals surface area contributed by atoms with E-state index in [0.717, 1.165) is 0 Å². The molecule has 1 saturated heterocycles. The summed E-state index contributed by atoms with van der Waals surface area (Å²) >= 11 is 1.62. The topological polar surface area (TPSA) is 57.7 Å². The van der Waals surface area contributed by atoms with E-state index in [9.17, 15) is 13.2 Å². The van der Waals surface area contributed by atoms with Gasteiger partial charge in [-0.05, 0) is 6.92 Å². The van der Waals surface area contributed by atoms with E-state index in [1.54, 1.807) is 23.6 Å². The lowest BCUT2D eigenvalue weighted by Crippen LogP contribution is -2.51. The minimum atomic E-state index is -3.12. The number of carbonyl (C=O) groups is 1. The lowest BCUT2D eigenvalue weighted by Gasteiger charge is -2.34. The molecule has 0 spiro atoms. The molecule has 0 N–H and O–H groups in total. The predicted octanol–water partition coefficient (Wildman–Crippen LogP) is 1.01. The highest BCUT2D eigenvalue weighted by Gasteiger charge is 2.27. The van der Waals surface area contributed by atoms with Crippen LogP contribution in [0.3, 0.4) is 0 Å². The van der Waals surface area contributed by atoms with E-state index >= 15 is 0 Å². The average molecular weight is 308 g/mol. The first-order valence-corrected chi connectivity index (χ1v) is 9.15. The number of hydrogen-bond donors (Lipinski definition) is 0. The molecular formula is C12H24N2O3S2. The molecule has 1 heterocycles. The average Bonchev–Trinajstić information content (AvgIpc) is 2.35. The third-order valence-corrected chi connectivity index (χ3v) is 6.12. The van der Waals surface area contributed by atoms with Gasteiger partial charge in [0.15, 0.2) is 0 Å². The molecule has 1 fully saturated rings. The molecule has 0 saturated carbocycles. The van der Waals surface area contributed by atoms with Crippen LogP contribution >= 0.6 is 11.8 Å². The van der Waals surface area contributed by atoms with Gasteiger partial charge < -0.3 is 4.90 Å². The quantitative estimate of drug-likeness (QED) is 0.778. The Morgan fingerprint density at radius 3 is 2.11 bits per heavy atom. The molecule has 1 aliphatic rings. The molecule has 0 aromatic carbocycles. The Morgan fingerprint density at radius 1 is 1.16 bits per heavy atom. The van der Waals surface area contributed by atoms with E-state index in [4.69, 9.17) is 0 Å². The van der Waals surface area contributed by atoms with Gasteiger partial charge in [0.1, 0.15) is 0 Å². The van der Waals surface area contributed by atoms with Crippen molar-refractivity contribution in [3.8, 4) is 0 Å². The number of carbonyl (C=O) groups excluding carboxylic acids is 1. The summed E-state index contributed by atoms with van der Waals surface area (Å²) in [5.41, 5.74) is 0. The van der Waals surface area contributed by atoms with Gasteiger partial charge in [0.25, 0.3) is 0 Å². The van der Waals surface area contributed by atoms with Crippen molar-refractivity contribution in [2.75, 3.05) is 37.7 Å². The van der Waals surface area contributed by atoms with Crippen LogP contribution in [-0.4, -0.2) is 66.0 Å². The minimum absolute atomic E-state index is 0.0725.